The van der Waals surface area contributed by atoms with Crippen LogP contribution in [0.25, 0.3) is 0 Å². The summed E-state index contributed by atoms with van der Waals surface area (Å²) in [6.07, 6.45) is 9.76. The number of hydrogen-bond donors (Lipinski definition) is 1. The molecule has 3 amide bonds. The maximum Gasteiger partial charge on any atom is 0.326 e. The summed E-state index contributed by atoms with van der Waals surface area (Å²) in [5, 5.41) is 3.02. The lowest BCUT2D eigenvalue weighted by molar-refractivity contribution is 0.0523. The zero-order valence-electron chi connectivity index (χ0n) is 20.0. The molecule has 2 aromatic rings. The Bertz CT molecular complexity index is 992. The smallest absolute Gasteiger partial charge is 0.326 e. The number of anilines is 2. The Balaban J connectivity index is 1.17. The normalized spacial score (nSPS) is 19.9. The van der Waals surface area contributed by atoms with Gasteiger partial charge in [0, 0.05) is 55.7 Å². The monoisotopic (exact) mass is 460 g/mol. The number of rotatable bonds is 3. The van der Waals surface area contributed by atoms with Crippen molar-refractivity contribution in [2.24, 2.45) is 0 Å². The van der Waals surface area contributed by atoms with Gasteiger partial charge in [-0.15, -0.1) is 0 Å². The van der Waals surface area contributed by atoms with Gasteiger partial charge in [0.25, 0.3) is 5.91 Å². The van der Waals surface area contributed by atoms with Crippen molar-refractivity contribution in [2.75, 3.05) is 42.9 Å². The third kappa shape index (κ3) is 5.12. The number of fused-ring (bicyclic) bond motifs is 1. The molecule has 2 aromatic carbocycles. The number of amides is 3. The first-order chi connectivity index (χ1) is 16.7. The summed E-state index contributed by atoms with van der Waals surface area (Å²) < 4.78 is 0. The highest BCUT2D eigenvalue weighted by molar-refractivity contribution is 6.02. The van der Waals surface area contributed by atoms with Crippen LogP contribution in [-0.2, 0) is 6.42 Å². The Morgan fingerprint density at radius 1 is 0.765 bits per heavy atom. The van der Waals surface area contributed by atoms with Crippen LogP contribution >= 0.6 is 0 Å². The molecule has 6 nitrogen and oxygen atoms in total. The fourth-order valence-corrected chi connectivity index (χ4v) is 5.71. The Kier molecular flexibility index (Phi) is 7.14. The summed E-state index contributed by atoms with van der Waals surface area (Å²) in [5.41, 5.74) is 3.62. The van der Waals surface area contributed by atoms with E-state index in [1.807, 2.05) is 52.3 Å². The van der Waals surface area contributed by atoms with Gasteiger partial charge in [-0.05, 0) is 68.0 Å². The average molecular weight is 461 g/mol. The Morgan fingerprint density at radius 2 is 1.50 bits per heavy atom. The van der Waals surface area contributed by atoms with Gasteiger partial charge in [-0.25, -0.2) is 4.79 Å². The second kappa shape index (κ2) is 10.6. The third-order valence-corrected chi connectivity index (χ3v) is 7.68. The van der Waals surface area contributed by atoms with Crippen LogP contribution in [0.2, 0.25) is 0 Å². The molecule has 2 heterocycles. The second-order valence-electron chi connectivity index (χ2n) is 9.86. The topological polar surface area (TPSA) is 55.9 Å². The van der Waals surface area contributed by atoms with E-state index >= 15 is 0 Å². The zero-order chi connectivity index (χ0) is 23.3. The molecule has 1 aliphatic carbocycles. The van der Waals surface area contributed by atoms with Crippen LogP contribution < -0.4 is 10.2 Å². The zero-order valence-corrected chi connectivity index (χ0v) is 20.0. The molecule has 0 bridgehead atoms. The molecular formula is C28H36N4O2. The number of nitrogens with one attached hydrogen (secondary N) is 1. The fourth-order valence-electron chi connectivity index (χ4n) is 5.71. The van der Waals surface area contributed by atoms with Crippen molar-refractivity contribution in [3.63, 3.8) is 0 Å². The second-order valence-corrected chi connectivity index (χ2v) is 9.86. The van der Waals surface area contributed by atoms with Crippen molar-refractivity contribution < 1.29 is 9.59 Å². The summed E-state index contributed by atoms with van der Waals surface area (Å²) in [4.78, 5) is 32.5. The summed E-state index contributed by atoms with van der Waals surface area (Å²) in [7, 11) is 0. The van der Waals surface area contributed by atoms with Crippen LogP contribution in [0.1, 0.15) is 60.9 Å². The Labute approximate surface area is 202 Å². The van der Waals surface area contributed by atoms with Crippen molar-refractivity contribution in [3.8, 4) is 0 Å². The minimum atomic E-state index is -0.118. The molecule has 0 aromatic heterocycles. The maximum absolute atomic E-state index is 13.1. The molecule has 2 aliphatic heterocycles. The summed E-state index contributed by atoms with van der Waals surface area (Å²) >= 11 is 0. The largest absolute Gasteiger partial charge is 0.336 e. The van der Waals surface area contributed by atoms with E-state index in [1.165, 1.54) is 37.7 Å². The van der Waals surface area contributed by atoms with Crippen LogP contribution in [0.15, 0.2) is 48.5 Å². The molecule has 34 heavy (non-hydrogen) atoms. The predicted octanol–water partition coefficient (Wildman–Crippen LogP) is 5.15. The first-order valence-corrected chi connectivity index (χ1v) is 13.0. The molecule has 1 saturated heterocycles. The van der Waals surface area contributed by atoms with E-state index in [-0.39, 0.29) is 11.9 Å². The van der Waals surface area contributed by atoms with Crippen LogP contribution in [0.3, 0.4) is 0 Å². The SMILES string of the molecule is O=C(c1ccc(NC(=O)N2CCCCc3ccccc32)cc1)N1CCN(C2CCCCC2)CC1. The molecule has 3 aliphatic rings. The number of aryl methyl sites for hydroxylation is 1. The van der Waals surface area contributed by atoms with E-state index in [2.05, 4.69) is 16.3 Å². The van der Waals surface area contributed by atoms with Crippen molar-refractivity contribution in [2.45, 2.75) is 57.4 Å². The van der Waals surface area contributed by atoms with Gasteiger partial charge in [-0.2, -0.15) is 0 Å². The maximum atomic E-state index is 13.1. The van der Waals surface area contributed by atoms with Gasteiger partial charge < -0.3 is 10.2 Å². The lowest BCUT2D eigenvalue weighted by Crippen LogP contribution is -2.52. The number of urea groups is 1. The number of carbonyl (C=O) groups is 2. The molecule has 5 rings (SSSR count). The number of hydrogen-bond acceptors (Lipinski definition) is 3. The number of carbonyl (C=O) groups excluding carboxylic acids is 2. The molecule has 0 spiro atoms. The number of piperazine rings is 1. The van der Waals surface area contributed by atoms with Gasteiger partial charge in [-0.1, -0.05) is 37.5 Å². The number of para-hydroxylation sites is 1. The molecule has 2 fully saturated rings. The number of benzene rings is 2. The highest BCUT2D eigenvalue weighted by Crippen LogP contribution is 2.27. The third-order valence-electron chi connectivity index (χ3n) is 7.68. The lowest BCUT2D eigenvalue weighted by atomic mass is 9.94. The minimum absolute atomic E-state index is 0.0858. The fraction of sp³-hybridized carbons (Fsp3) is 0.500. The van der Waals surface area contributed by atoms with Gasteiger partial charge >= 0.3 is 6.03 Å². The summed E-state index contributed by atoms with van der Waals surface area (Å²) in [6.45, 7) is 4.25. The standard InChI is InChI=1S/C28H36N4O2/c33-27(31-20-18-30(19-21-31)25-10-2-1-3-11-25)23-13-15-24(16-14-23)29-28(34)32-17-7-6-9-22-8-4-5-12-26(22)32/h4-5,8,12-16,25H,1-3,6-7,9-11,17-21H2,(H,29,34). The Morgan fingerprint density at radius 3 is 2.26 bits per heavy atom. The van der Waals surface area contributed by atoms with Gasteiger partial charge in [-0.3, -0.25) is 14.6 Å². The van der Waals surface area contributed by atoms with Crippen LogP contribution in [0.5, 0.6) is 0 Å². The van der Waals surface area contributed by atoms with E-state index in [0.29, 0.717) is 23.8 Å². The highest BCUT2D eigenvalue weighted by Gasteiger charge is 2.27. The first kappa shape index (κ1) is 22.9. The van der Waals surface area contributed by atoms with Crippen LogP contribution in [-0.4, -0.2) is 60.5 Å². The summed E-state index contributed by atoms with van der Waals surface area (Å²) in [6, 6.07) is 16.1. The van der Waals surface area contributed by atoms with Gasteiger partial charge in [0.05, 0.1) is 0 Å². The lowest BCUT2D eigenvalue weighted by Gasteiger charge is -2.40. The average Bonchev–Trinajstić information content (AvgIpc) is 3.12. The van der Waals surface area contributed by atoms with Crippen LogP contribution in [0.4, 0.5) is 16.2 Å². The van der Waals surface area contributed by atoms with E-state index in [4.69, 9.17) is 0 Å². The van der Waals surface area contributed by atoms with E-state index < -0.39 is 0 Å². The van der Waals surface area contributed by atoms with Crippen molar-refractivity contribution in [1.82, 2.24) is 9.80 Å². The van der Waals surface area contributed by atoms with Gasteiger partial charge in [0.1, 0.15) is 0 Å². The molecule has 180 valence electrons. The molecular weight excluding hydrogens is 424 g/mol. The minimum Gasteiger partial charge on any atom is -0.336 e. The Hall–Kier alpha value is -2.86. The van der Waals surface area contributed by atoms with E-state index in [9.17, 15) is 9.59 Å². The van der Waals surface area contributed by atoms with E-state index in [1.54, 1.807) is 0 Å². The predicted molar refractivity (Wildman–Crippen MR) is 137 cm³/mol. The van der Waals surface area contributed by atoms with Gasteiger partial charge in [0.15, 0.2) is 0 Å². The molecule has 0 unspecified atom stereocenters. The number of nitrogens with zero attached hydrogens (tertiary/aromatic N) is 3. The summed E-state index contributed by atoms with van der Waals surface area (Å²) in [5.74, 6) is 0.0858. The van der Waals surface area contributed by atoms with Gasteiger partial charge in [0.2, 0.25) is 0 Å². The van der Waals surface area contributed by atoms with E-state index in [0.717, 1.165) is 51.1 Å². The molecule has 6 heteroatoms. The molecule has 1 saturated carbocycles. The molecule has 1 N–H and O–H groups in total. The molecule has 0 atom stereocenters. The van der Waals surface area contributed by atoms with Crippen molar-refractivity contribution in [3.05, 3.63) is 59.7 Å². The quantitative estimate of drug-likeness (QED) is 0.689. The molecule has 0 radical (unpaired) electrons. The van der Waals surface area contributed by atoms with Crippen molar-refractivity contribution >= 4 is 23.3 Å². The first-order valence-electron chi connectivity index (χ1n) is 13.0. The highest BCUT2D eigenvalue weighted by atomic mass is 16.2. The van der Waals surface area contributed by atoms with Crippen LogP contribution in [0, 0.1) is 0 Å². The van der Waals surface area contributed by atoms with Crippen molar-refractivity contribution in [1.29, 1.82) is 0 Å².